The van der Waals surface area contributed by atoms with Crippen LogP contribution in [0.25, 0.3) is 22.2 Å². The van der Waals surface area contributed by atoms with Gasteiger partial charge in [-0.2, -0.15) is 0 Å². The van der Waals surface area contributed by atoms with Crippen molar-refractivity contribution in [3.63, 3.8) is 0 Å². The number of rotatable bonds is 6. The van der Waals surface area contributed by atoms with Gasteiger partial charge in [-0.1, -0.05) is 12.1 Å². The van der Waals surface area contributed by atoms with Crippen molar-refractivity contribution in [1.29, 1.82) is 0 Å². The number of nitrogens with zero attached hydrogens (tertiary/aromatic N) is 3. The highest BCUT2D eigenvalue weighted by Gasteiger charge is 2.22. The number of hydrogen-bond acceptors (Lipinski definition) is 5. The van der Waals surface area contributed by atoms with Gasteiger partial charge in [0.05, 0.1) is 17.0 Å². The van der Waals surface area contributed by atoms with E-state index in [1.807, 2.05) is 0 Å². The number of aromatic hydroxyl groups is 1. The number of nitrogens with two attached hydrogens (primary N) is 1. The highest BCUT2D eigenvalue weighted by molar-refractivity contribution is 7.89. The van der Waals surface area contributed by atoms with Crippen LogP contribution in [0.2, 0.25) is 0 Å². The maximum atomic E-state index is 14.2. The smallest absolute Gasteiger partial charge is 0.242 e. The molecule has 0 aliphatic carbocycles. The average Bonchev–Trinajstić information content (AvgIpc) is 2.92. The molecule has 10 heteroatoms. The van der Waals surface area contributed by atoms with Crippen molar-refractivity contribution in [3.05, 3.63) is 54.0 Å². The second-order valence-electron chi connectivity index (χ2n) is 6.79. The molecule has 3 rings (SSSR count). The predicted molar refractivity (Wildman–Crippen MR) is 118 cm³/mol. The molecule has 1 aromatic carbocycles. The van der Waals surface area contributed by atoms with Crippen LogP contribution >= 0.6 is 12.4 Å². The number of aromatic nitrogens is 2. The van der Waals surface area contributed by atoms with Crippen molar-refractivity contribution in [2.45, 2.75) is 18.4 Å². The van der Waals surface area contributed by atoms with Crippen LogP contribution < -0.4 is 5.73 Å². The fourth-order valence-corrected chi connectivity index (χ4v) is 4.19. The second kappa shape index (κ2) is 9.13. The van der Waals surface area contributed by atoms with Gasteiger partial charge in [0.15, 0.2) is 0 Å². The van der Waals surface area contributed by atoms with Gasteiger partial charge in [-0.05, 0) is 36.8 Å². The van der Waals surface area contributed by atoms with Crippen LogP contribution in [0.4, 0.5) is 4.39 Å². The zero-order valence-corrected chi connectivity index (χ0v) is 18.5. The lowest BCUT2D eigenvalue weighted by atomic mass is 10.1. The van der Waals surface area contributed by atoms with Crippen molar-refractivity contribution in [2.75, 3.05) is 20.6 Å². The zero-order valence-electron chi connectivity index (χ0n) is 16.8. The van der Waals surface area contributed by atoms with Crippen LogP contribution in [0.3, 0.4) is 0 Å². The SMILES string of the molecule is Cc1c(-c2cccc(S(=O)(=O)N(C)C)c2)c2nc(O)ccc2n1CC(F)=CCN.Cl. The quantitative estimate of drug-likeness (QED) is 0.595. The Balaban J connectivity index is 0.00000320. The van der Waals surface area contributed by atoms with Crippen LogP contribution in [0.5, 0.6) is 5.88 Å². The van der Waals surface area contributed by atoms with E-state index in [0.717, 1.165) is 4.31 Å². The molecular weight excluding hydrogens is 431 g/mol. The van der Waals surface area contributed by atoms with E-state index in [2.05, 4.69) is 4.98 Å². The van der Waals surface area contributed by atoms with E-state index in [1.165, 1.54) is 32.3 Å². The number of pyridine rings is 1. The van der Waals surface area contributed by atoms with Gasteiger partial charge < -0.3 is 15.4 Å². The van der Waals surface area contributed by atoms with E-state index in [1.54, 1.807) is 35.8 Å². The van der Waals surface area contributed by atoms with Crippen molar-refractivity contribution < 1.29 is 17.9 Å². The molecule has 0 fully saturated rings. The summed E-state index contributed by atoms with van der Waals surface area (Å²) in [5, 5.41) is 9.90. The van der Waals surface area contributed by atoms with Crippen LogP contribution in [0.1, 0.15) is 5.69 Å². The largest absolute Gasteiger partial charge is 0.493 e. The third-order valence-corrected chi connectivity index (χ3v) is 6.51. The van der Waals surface area contributed by atoms with E-state index < -0.39 is 15.9 Å². The number of hydrogen-bond donors (Lipinski definition) is 2. The Bertz CT molecular complexity index is 1210. The first-order chi connectivity index (χ1) is 13.7. The molecule has 0 spiro atoms. The molecule has 3 aromatic rings. The van der Waals surface area contributed by atoms with Crippen LogP contribution in [0, 0.1) is 6.92 Å². The molecule has 7 nitrogen and oxygen atoms in total. The van der Waals surface area contributed by atoms with E-state index in [-0.39, 0.29) is 36.3 Å². The minimum Gasteiger partial charge on any atom is -0.493 e. The Kier molecular flexibility index (Phi) is 7.25. The summed E-state index contributed by atoms with van der Waals surface area (Å²) in [7, 11) is -0.700. The lowest BCUT2D eigenvalue weighted by Gasteiger charge is -2.12. The first kappa shape index (κ1) is 23.8. The fraction of sp³-hybridized carbons (Fsp3) is 0.250. The monoisotopic (exact) mass is 454 g/mol. The highest BCUT2D eigenvalue weighted by Crippen LogP contribution is 2.36. The number of allylic oxidation sites excluding steroid dienone is 1. The molecule has 30 heavy (non-hydrogen) atoms. The minimum absolute atomic E-state index is 0. The molecule has 0 atom stereocenters. The molecule has 0 aliphatic heterocycles. The van der Waals surface area contributed by atoms with Gasteiger partial charge in [0.25, 0.3) is 0 Å². The fourth-order valence-electron chi connectivity index (χ4n) is 3.25. The van der Waals surface area contributed by atoms with Crippen molar-refractivity contribution in [2.24, 2.45) is 5.73 Å². The lowest BCUT2D eigenvalue weighted by Crippen LogP contribution is -2.22. The van der Waals surface area contributed by atoms with Gasteiger partial charge in [0.1, 0.15) is 11.3 Å². The summed E-state index contributed by atoms with van der Waals surface area (Å²) in [6.45, 7) is 1.85. The molecule has 0 radical (unpaired) electrons. The number of fused-ring (bicyclic) bond motifs is 1. The maximum Gasteiger partial charge on any atom is 0.242 e. The Morgan fingerprint density at radius 3 is 2.63 bits per heavy atom. The number of sulfonamides is 1. The standard InChI is InChI=1S/C20H23FN4O3S.ClH/c1-13-19(14-5-4-6-16(11-14)29(27,28)24(2)3)20-17(7-8-18(26)23-20)25(13)12-15(21)9-10-22;/h4-9,11H,10,12,22H2,1-3H3,(H,23,26);1H. The molecule has 0 aliphatic rings. The summed E-state index contributed by atoms with van der Waals surface area (Å²) in [5.74, 6) is -0.568. The Morgan fingerprint density at radius 2 is 2.00 bits per heavy atom. The van der Waals surface area contributed by atoms with Gasteiger partial charge in [-0.25, -0.2) is 22.1 Å². The molecule has 0 amide bonds. The van der Waals surface area contributed by atoms with E-state index in [9.17, 15) is 17.9 Å². The summed E-state index contributed by atoms with van der Waals surface area (Å²) >= 11 is 0. The molecule has 0 saturated carbocycles. The van der Waals surface area contributed by atoms with Crippen molar-refractivity contribution in [3.8, 4) is 17.0 Å². The molecule has 3 N–H and O–H groups in total. The second-order valence-corrected chi connectivity index (χ2v) is 8.94. The zero-order chi connectivity index (χ0) is 21.3. The van der Waals surface area contributed by atoms with Crippen LogP contribution in [-0.4, -0.2) is 48.0 Å². The number of halogens is 2. The Morgan fingerprint density at radius 1 is 1.30 bits per heavy atom. The summed E-state index contributed by atoms with van der Waals surface area (Å²) in [6.07, 6.45) is 1.29. The molecule has 0 unspecified atom stereocenters. The Hall–Kier alpha value is -2.46. The summed E-state index contributed by atoms with van der Waals surface area (Å²) in [6, 6.07) is 9.57. The lowest BCUT2D eigenvalue weighted by molar-refractivity contribution is 0.456. The minimum atomic E-state index is -3.63. The van der Waals surface area contributed by atoms with Crippen molar-refractivity contribution in [1.82, 2.24) is 13.9 Å². The van der Waals surface area contributed by atoms with E-state index in [4.69, 9.17) is 5.73 Å². The van der Waals surface area contributed by atoms with Gasteiger partial charge in [0.2, 0.25) is 15.9 Å². The summed E-state index contributed by atoms with van der Waals surface area (Å²) < 4.78 is 42.1. The molecule has 2 heterocycles. The van der Waals surface area contributed by atoms with Crippen LogP contribution in [0.15, 0.2) is 53.2 Å². The van der Waals surface area contributed by atoms with E-state index >= 15 is 0 Å². The van der Waals surface area contributed by atoms with Crippen LogP contribution in [-0.2, 0) is 16.6 Å². The predicted octanol–water partition coefficient (Wildman–Crippen LogP) is 3.20. The topological polar surface area (TPSA) is 101 Å². The average molecular weight is 455 g/mol. The first-order valence-electron chi connectivity index (χ1n) is 8.93. The van der Waals surface area contributed by atoms with Crippen molar-refractivity contribution >= 4 is 33.5 Å². The third-order valence-electron chi connectivity index (χ3n) is 4.70. The summed E-state index contributed by atoms with van der Waals surface area (Å²) in [5.41, 5.74) is 8.41. The number of benzene rings is 1. The molecule has 0 bridgehead atoms. The van der Waals surface area contributed by atoms with Gasteiger partial charge in [-0.15, -0.1) is 12.4 Å². The third kappa shape index (κ3) is 4.34. The summed E-state index contributed by atoms with van der Waals surface area (Å²) in [4.78, 5) is 4.36. The first-order valence-corrected chi connectivity index (χ1v) is 10.4. The molecule has 0 saturated heterocycles. The van der Waals surface area contributed by atoms with Gasteiger partial charge in [-0.3, -0.25) is 0 Å². The molecule has 162 valence electrons. The van der Waals surface area contributed by atoms with E-state index in [0.29, 0.717) is 27.9 Å². The Labute approximate surface area is 181 Å². The van der Waals surface area contributed by atoms with Gasteiger partial charge >= 0.3 is 0 Å². The maximum absolute atomic E-state index is 14.2. The molecule has 2 aromatic heterocycles. The van der Waals surface area contributed by atoms with Gasteiger partial charge in [0, 0.05) is 38.0 Å². The normalized spacial score (nSPS) is 12.4. The molecular formula is C20H24ClFN4O3S. The highest BCUT2D eigenvalue weighted by atomic mass is 35.5.